The van der Waals surface area contributed by atoms with Crippen LogP contribution < -0.4 is 10.1 Å². The fourth-order valence-corrected chi connectivity index (χ4v) is 4.74. The molecule has 4 rings (SSSR count). The number of aliphatic imine (C=N–C) groups is 1. The SMILES string of the molecule is CCOc1cc(C(C)(C)O)ccc1C1=N[C@@](C)(c2ccc(Cl)cc2)[C@](C)(c2ccc(Cl)cc2)N1. The van der Waals surface area contributed by atoms with Crippen molar-refractivity contribution in [3.8, 4) is 5.75 Å². The van der Waals surface area contributed by atoms with Gasteiger partial charge in [0.25, 0.3) is 0 Å². The van der Waals surface area contributed by atoms with Crippen molar-refractivity contribution >= 4 is 29.0 Å². The molecule has 34 heavy (non-hydrogen) atoms. The Morgan fingerprint density at radius 3 is 2.00 bits per heavy atom. The van der Waals surface area contributed by atoms with Crippen LogP contribution in [0.1, 0.15) is 56.9 Å². The monoisotopic (exact) mass is 496 g/mol. The molecule has 6 heteroatoms. The number of rotatable bonds is 6. The number of amidine groups is 1. The number of hydrogen-bond donors (Lipinski definition) is 2. The van der Waals surface area contributed by atoms with Crippen LogP contribution in [0.25, 0.3) is 0 Å². The summed E-state index contributed by atoms with van der Waals surface area (Å²) in [5.74, 6) is 1.40. The molecule has 2 N–H and O–H groups in total. The zero-order valence-corrected chi connectivity index (χ0v) is 21.6. The number of benzene rings is 3. The molecule has 0 unspecified atom stereocenters. The Hall–Kier alpha value is -2.53. The summed E-state index contributed by atoms with van der Waals surface area (Å²) < 4.78 is 6.00. The lowest BCUT2D eigenvalue weighted by Crippen LogP contribution is -2.50. The molecule has 0 spiro atoms. The van der Waals surface area contributed by atoms with Gasteiger partial charge in [-0.25, -0.2) is 0 Å². The van der Waals surface area contributed by atoms with Crippen molar-refractivity contribution < 1.29 is 9.84 Å². The molecule has 1 aliphatic heterocycles. The summed E-state index contributed by atoms with van der Waals surface area (Å²) >= 11 is 12.4. The number of halogens is 2. The molecule has 0 amide bonds. The smallest absolute Gasteiger partial charge is 0.133 e. The van der Waals surface area contributed by atoms with E-state index in [0.717, 1.165) is 28.1 Å². The molecule has 0 saturated heterocycles. The predicted molar refractivity (Wildman–Crippen MR) is 140 cm³/mol. The van der Waals surface area contributed by atoms with E-state index in [2.05, 4.69) is 19.2 Å². The van der Waals surface area contributed by atoms with E-state index in [1.54, 1.807) is 13.8 Å². The molecule has 0 saturated carbocycles. The van der Waals surface area contributed by atoms with Crippen molar-refractivity contribution in [1.82, 2.24) is 5.32 Å². The van der Waals surface area contributed by atoms with Gasteiger partial charge in [-0.05, 0) is 87.7 Å². The maximum atomic E-state index is 10.5. The number of hydrogen-bond acceptors (Lipinski definition) is 4. The van der Waals surface area contributed by atoms with Crippen LogP contribution in [-0.4, -0.2) is 17.5 Å². The van der Waals surface area contributed by atoms with Crippen LogP contribution in [0.5, 0.6) is 5.75 Å². The first kappa shape index (κ1) is 24.6. The van der Waals surface area contributed by atoms with Gasteiger partial charge in [0.05, 0.1) is 23.3 Å². The zero-order chi connectivity index (χ0) is 24.7. The first-order valence-electron chi connectivity index (χ1n) is 11.4. The summed E-state index contributed by atoms with van der Waals surface area (Å²) in [6.07, 6.45) is 0. The van der Waals surface area contributed by atoms with Gasteiger partial charge in [-0.15, -0.1) is 0 Å². The summed E-state index contributed by atoms with van der Waals surface area (Å²) in [6.45, 7) is 10.2. The van der Waals surface area contributed by atoms with Gasteiger partial charge in [0.15, 0.2) is 0 Å². The first-order chi connectivity index (χ1) is 16.0. The maximum absolute atomic E-state index is 10.5. The third kappa shape index (κ3) is 4.31. The zero-order valence-electron chi connectivity index (χ0n) is 20.1. The largest absolute Gasteiger partial charge is 0.493 e. The minimum atomic E-state index is -0.981. The van der Waals surface area contributed by atoms with E-state index in [1.165, 1.54) is 0 Å². The van der Waals surface area contributed by atoms with E-state index >= 15 is 0 Å². The van der Waals surface area contributed by atoms with Gasteiger partial charge in [-0.2, -0.15) is 0 Å². The van der Waals surface area contributed by atoms with Gasteiger partial charge in [0.2, 0.25) is 0 Å². The van der Waals surface area contributed by atoms with Crippen molar-refractivity contribution in [2.45, 2.75) is 51.3 Å². The second-order valence-electron chi connectivity index (χ2n) is 9.50. The minimum Gasteiger partial charge on any atom is -0.493 e. The van der Waals surface area contributed by atoms with Crippen LogP contribution in [0.2, 0.25) is 10.0 Å². The third-order valence-electron chi connectivity index (χ3n) is 6.75. The Morgan fingerprint density at radius 1 is 0.912 bits per heavy atom. The lowest BCUT2D eigenvalue weighted by Gasteiger charge is -2.40. The minimum absolute atomic E-state index is 0.499. The molecular weight excluding hydrogens is 467 g/mol. The molecule has 0 aromatic heterocycles. The van der Waals surface area contributed by atoms with Crippen LogP contribution >= 0.6 is 23.2 Å². The number of nitrogens with one attached hydrogen (secondary N) is 1. The van der Waals surface area contributed by atoms with Crippen LogP contribution in [0.4, 0.5) is 0 Å². The van der Waals surface area contributed by atoms with Crippen molar-refractivity contribution in [1.29, 1.82) is 0 Å². The average molecular weight is 497 g/mol. The molecule has 4 nitrogen and oxygen atoms in total. The van der Waals surface area contributed by atoms with Gasteiger partial charge < -0.3 is 15.2 Å². The van der Waals surface area contributed by atoms with Gasteiger partial charge in [-0.3, -0.25) is 4.99 Å². The molecule has 2 atom stereocenters. The molecule has 1 aliphatic rings. The van der Waals surface area contributed by atoms with Gasteiger partial charge in [-0.1, -0.05) is 53.5 Å². The molecule has 0 aliphatic carbocycles. The van der Waals surface area contributed by atoms with Gasteiger partial charge in [0, 0.05) is 10.0 Å². The number of nitrogens with zero attached hydrogens (tertiary/aromatic N) is 1. The Morgan fingerprint density at radius 2 is 1.47 bits per heavy atom. The van der Waals surface area contributed by atoms with Gasteiger partial charge >= 0.3 is 0 Å². The molecule has 3 aromatic carbocycles. The summed E-state index contributed by atoms with van der Waals surface area (Å²) in [5, 5.41) is 15.6. The highest BCUT2D eigenvalue weighted by Gasteiger charge is 2.52. The lowest BCUT2D eigenvalue weighted by molar-refractivity contribution is 0.0782. The first-order valence-corrected chi connectivity index (χ1v) is 12.1. The van der Waals surface area contributed by atoms with Crippen LogP contribution in [-0.2, 0) is 16.7 Å². The van der Waals surface area contributed by atoms with Crippen molar-refractivity contribution in [2.24, 2.45) is 4.99 Å². The normalized spacial score (nSPS) is 22.3. The van der Waals surface area contributed by atoms with Crippen molar-refractivity contribution in [2.75, 3.05) is 6.61 Å². The fourth-order valence-electron chi connectivity index (χ4n) is 4.49. The topological polar surface area (TPSA) is 53.9 Å². The van der Waals surface area contributed by atoms with E-state index in [4.69, 9.17) is 32.9 Å². The quantitative estimate of drug-likeness (QED) is 0.394. The fraction of sp³-hybridized carbons (Fsp3) is 0.321. The Labute approximate surface area is 211 Å². The standard InChI is InChI=1S/C28H30Cl2N2O2/c1-6-34-24-17-20(26(2,3)33)11-16-23(24)25-31-27(4,18-7-12-21(29)13-8-18)28(5,32-25)19-9-14-22(30)15-10-19/h7-17,33H,6H2,1-5H3,(H,31,32)/t27-,28-/m0/s1. The summed E-state index contributed by atoms with van der Waals surface area (Å²) in [5.41, 5.74) is 1.48. The van der Waals surface area contributed by atoms with Crippen LogP contribution in [0.15, 0.2) is 71.7 Å². The van der Waals surface area contributed by atoms with Gasteiger partial charge in [0.1, 0.15) is 17.1 Å². The second-order valence-corrected chi connectivity index (χ2v) is 10.4. The third-order valence-corrected chi connectivity index (χ3v) is 7.25. The molecule has 3 aromatic rings. The predicted octanol–water partition coefficient (Wildman–Crippen LogP) is 6.80. The van der Waals surface area contributed by atoms with E-state index in [-0.39, 0.29) is 0 Å². The van der Waals surface area contributed by atoms with E-state index in [9.17, 15) is 5.11 Å². The summed E-state index contributed by atoms with van der Waals surface area (Å²) in [6, 6.07) is 21.4. The lowest BCUT2D eigenvalue weighted by atomic mass is 9.72. The van der Waals surface area contributed by atoms with E-state index in [0.29, 0.717) is 22.4 Å². The summed E-state index contributed by atoms with van der Waals surface area (Å²) in [4.78, 5) is 5.26. The Balaban J connectivity index is 1.90. The highest BCUT2D eigenvalue weighted by Crippen LogP contribution is 2.48. The average Bonchev–Trinajstić information content (AvgIpc) is 3.06. The Kier molecular flexibility index (Phi) is 6.45. The van der Waals surface area contributed by atoms with E-state index in [1.807, 2.05) is 73.7 Å². The van der Waals surface area contributed by atoms with E-state index < -0.39 is 16.7 Å². The summed E-state index contributed by atoms with van der Waals surface area (Å²) in [7, 11) is 0. The maximum Gasteiger partial charge on any atom is 0.133 e. The molecule has 178 valence electrons. The van der Waals surface area contributed by atoms with Crippen molar-refractivity contribution in [3.05, 3.63) is 99.0 Å². The van der Waals surface area contributed by atoms with Crippen LogP contribution in [0, 0.1) is 0 Å². The number of aliphatic hydroxyl groups is 1. The second kappa shape index (κ2) is 8.92. The highest BCUT2D eigenvalue weighted by atomic mass is 35.5. The Bertz CT molecular complexity index is 1220. The van der Waals surface area contributed by atoms with Crippen molar-refractivity contribution in [3.63, 3.8) is 0 Å². The van der Waals surface area contributed by atoms with Crippen LogP contribution in [0.3, 0.4) is 0 Å². The molecular formula is C28H30Cl2N2O2. The molecule has 0 radical (unpaired) electrons. The molecule has 1 heterocycles. The molecule has 0 bridgehead atoms. The number of ether oxygens (including phenoxy) is 1. The highest BCUT2D eigenvalue weighted by molar-refractivity contribution is 6.30. The molecule has 0 fully saturated rings.